The average Bonchev–Trinajstić information content (AvgIpc) is 3.16. The van der Waals surface area contributed by atoms with Gasteiger partial charge in [-0.05, 0) is 37.1 Å². The van der Waals surface area contributed by atoms with Crippen molar-refractivity contribution in [3.8, 4) is 0 Å². The molecule has 0 bridgehead atoms. The van der Waals surface area contributed by atoms with Crippen molar-refractivity contribution in [3.05, 3.63) is 24.3 Å². The van der Waals surface area contributed by atoms with E-state index in [0.717, 1.165) is 18.5 Å². The zero-order valence-corrected chi connectivity index (χ0v) is 12.3. The molecule has 21 heavy (non-hydrogen) atoms. The molecule has 0 atom stereocenters. The van der Waals surface area contributed by atoms with E-state index in [2.05, 4.69) is 9.62 Å². The number of anilines is 1. The van der Waals surface area contributed by atoms with E-state index >= 15 is 0 Å². The maximum atomic E-state index is 12.0. The molecule has 0 radical (unpaired) electrons. The Labute approximate surface area is 123 Å². The molecule has 1 aliphatic heterocycles. The van der Waals surface area contributed by atoms with Crippen LogP contribution in [0.1, 0.15) is 19.3 Å². The third-order valence-corrected chi connectivity index (χ3v) is 5.37. The van der Waals surface area contributed by atoms with Crippen molar-refractivity contribution < 1.29 is 18.3 Å². The van der Waals surface area contributed by atoms with Gasteiger partial charge in [-0.1, -0.05) is 0 Å². The fourth-order valence-electron chi connectivity index (χ4n) is 2.48. The Hall–Kier alpha value is -1.60. The predicted octanol–water partition coefficient (Wildman–Crippen LogP) is 1.04. The number of aliphatic carboxylic acids is 1. The zero-order valence-electron chi connectivity index (χ0n) is 11.5. The minimum Gasteiger partial charge on any atom is -0.481 e. The number of carboxylic acids is 1. The minimum atomic E-state index is -3.40. The molecule has 1 saturated heterocycles. The highest BCUT2D eigenvalue weighted by molar-refractivity contribution is 7.89. The third-order valence-electron chi connectivity index (χ3n) is 3.83. The van der Waals surface area contributed by atoms with E-state index < -0.39 is 16.0 Å². The number of carbonyl (C=O) groups is 1. The van der Waals surface area contributed by atoms with Crippen molar-refractivity contribution in [2.75, 3.05) is 18.0 Å². The van der Waals surface area contributed by atoms with Crippen molar-refractivity contribution in [1.82, 2.24) is 4.72 Å². The van der Waals surface area contributed by atoms with Gasteiger partial charge in [0, 0.05) is 30.7 Å². The van der Waals surface area contributed by atoms with Crippen LogP contribution in [-0.2, 0) is 14.8 Å². The second-order valence-corrected chi connectivity index (χ2v) is 7.47. The summed E-state index contributed by atoms with van der Waals surface area (Å²) in [6.07, 6.45) is 2.01. The van der Waals surface area contributed by atoms with Crippen molar-refractivity contribution in [2.45, 2.75) is 30.2 Å². The van der Waals surface area contributed by atoms with E-state index in [9.17, 15) is 13.2 Å². The molecule has 0 spiro atoms. The summed E-state index contributed by atoms with van der Waals surface area (Å²) in [5.74, 6) is -0.588. The number of hydrogen-bond acceptors (Lipinski definition) is 4. The van der Waals surface area contributed by atoms with Crippen LogP contribution in [0.25, 0.3) is 0 Å². The van der Waals surface area contributed by atoms with E-state index in [1.54, 1.807) is 24.3 Å². The maximum absolute atomic E-state index is 12.0. The van der Waals surface area contributed by atoms with Crippen LogP contribution in [0.3, 0.4) is 0 Å². The Morgan fingerprint density at radius 1 is 1.24 bits per heavy atom. The molecule has 1 aromatic carbocycles. The summed E-state index contributed by atoms with van der Waals surface area (Å²) < 4.78 is 26.7. The topological polar surface area (TPSA) is 86.7 Å². The molecule has 2 aliphatic rings. The smallest absolute Gasteiger partial charge is 0.303 e. The summed E-state index contributed by atoms with van der Waals surface area (Å²) in [6, 6.07) is 6.85. The lowest BCUT2D eigenvalue weighted by molar-refractivity contribution is -0.138. The standard InChI is InChI=1S/C14H18N2O4S/c17-14(18)7-10-8-16(9-10)12-3-5-13(6-4-12)21(19,20)15-11-1-2-11/h3-6,10-11,15H,1-2,7-9H2,(H,17,18). The molecule has 0 amide bonds. The van der Waals surface area contributed by atoms with Crippen LogP contribution in [0.4, 0.5) is 5.69 Å². The highest BCUT2D eigenvalue weighted by atomic mass is 32.2. The van der Waals surface area contributed by atoms with Crippen LogP contribution in [0.15, 0.2) is 29.2 Å². The fourth-order valence-corrected chi connectivity index (χ4v) is 3.79. The molecule has 1 aliphatic carbocycles. The number of benzene rings is 1. The molecular formula is C14H18N2O4S. The highest BCUT2D eigenvalue weighted by Gasteiger charge is 2.30. The number of rotatable bonds is 6. The summed E-state index contributed by atoms with van der Waals surface area (Å²) >= 11 is 0. The molecule has 7 heteroatoms. The van der Waals surface area contributed by atoms with Gasteiger partial charge < -0.3 is 10.0 Å². The number of sulfonamides is 1. The minimum absolute atomic E-state index is 0.0989. The van der Waals surface area contributed by atoms with Gasteiger partial charge in [0.25, 0.3) is 0 Å². The molecule has 1 heterocycles. The van der Waals surface area contributed by atoms with Crippen LogP contribution in [0, 0.1) is 5.92 Å². The van der Waals surface area contributed by atoms with Crippen LogP contribution in [-0.4, -0.2) is 38.6 Å². The first kappa shape index (κ1) is 14.3. The van der Waals surface area contributed by atoms with Gasteiger partial charge in [0.1, 0.15) is 0 Å². The second-order valence-electron chi connectivity index (χ2n) is 5.76. The van der Waals surface area contributed by atoms with E-state index in [4.69, 9.17) is 5.11 Å². The van der Waals surface area contributed by atoms with Crippen LogP contribution in [0.2, 0.25) is 0 Å². The Morgan fingerprint density at radius 3 is 2.38 bits per heavy atom. The molecule has 2 N–H and O–H groups in total. The fraction of sp³-hybridized carbons (Fsp3) is 0.500. The molecule has 0 aromatic heterocycles. The number of nitrogens with one attached hydrogen (secondary N) is 1. The molecule has 2 fully saturated rings. The van der Waals surface area contributed by atoms with Crippen LogP contribution in [0.5, 0.6) is 0 Å². The quantitative estimate of drug-likeness (QED) is 0.820. The first-order valence-electron chi connectivity index (χ1n) is 7.03. The Morgan fingerprint density at radius 2 is 1.86 bits per heavy atom. The highest BCUT2D eigenvalue weighted by Crippen LogP contribution is 2.28. The summed E-state index contributed by atoms with van der Waals surface area (Å²) in [5.41, 5.74) is 0.932. The number of nitrogens with zero attached hydrogens (tertiary/aromatic N) is 1. The van der Waals surface area contributed by atoms with Crippen LogP contribution < -0.4 is 9.62 Å². The van der Waals surface area contributed by atoms with E-state index in [-0.39, 0.29) is 23.3 Å². The number of hydrogen-bond donors (Lipinski definition) is 2. The lowest BCUT2D eigenvalue weighted by atomic mass is 9.96. The first-order chi connectivity index (χ1) is 9.94. The van der Waals surface area contributed by atoms with Gasteiger partial charge in [0.05, 0.1) is 11.3 Å². The third kappa shape index (κ3) is 3.36. The first-order valence-corrected chi connectivity index (χ1v) is 8.51. The zero-order chi connectivity index (χ0) is 15.0. The SMILES string of the molecule is O=C(O)CC1CN(c2ccc(S(=O)(=O)NC3CC3)cc2)C1. The second kappa shape index (κ2) is 5.31. The molecule has 6 nitrogen and oxygen atoms in total. The molecule has 3 rings (SSSR count). The summed E-state index contributed by atoms with van der Waals surface area (Å²) in [7, 11) is -3.40. The molecule has 0 unspecified atom stereocenters. The van der Waals surface area contributed by atoms with Crippen LogP contribution >= 0.6 is 0 Å². The van der Waals surface area contributed by atoms with Gasteiger partial charge in [-0.15, -0.1) is 0 Å². The van der Waals surface area contributed by atoms with E-state index in [1.807, 2.05) is 0 Å². The average molecular weight is 310 g/mol. The Balaban J connectivity index is 1.61. The van der Waals surface area contributed by atoms with Gasteiger partial charge in [-0.25, -0.2) is 13.1 Å². The number of carboxylic acid groups (broad SMARTS) is 1. The molecule has 1 saturated carbocycles. The summed E-state index contributed by atoms with van der Waals surface area (Å²) in [5, 5.41) is 8.72. The Bertz CT molecular complexity index is 631. The monoisotopic (exact) mass is 310 g/mol. The van der Waals surface area contributed by atoms with Crippen molar-refractivity contribution in [3.63, 3.8) is 0 Å². The van der Waals surface area contributed by atoms with Gasteiger partial charge in [-0.2, -0.15) is 0 Å². The summed E-state index contributed by atoms with van der Waals surface area (Å²) in [6.45, 7) is 1.41. The van der Waals surface area contributed by atoms with Crippen molar-refractivity contribution in [2.24, 2.45) is 5.92 Å². The van der Waals surface area contributed by atoms with Gasteiger partial charge in [0.15, 0.2) is 0 Å². The molecular weight excluding hydrogens is 292 g/mol. The van der Waals surface area contributed by atoms with E-state index in [1.165, 1.54) is 0 Å². The van der Waals surface area contributed by atoms with Crippen molar-refractivity contribution in [1.29, 1.82) is 0 Å². The maximum Gasteiger partial charge on any atom is 0.303 e. The van der Waals surface area contributed by atoms with Crippen molar-refractivity contribution >= 4 is 21.7 Å². The normalized spacial score (nSPS) is 19.3. The Kier molecular flexibility index (Phi) is 3.62. The summed E-state index contributed by atoms with van der Waals surface area (Å²) in [4.78, 5) is 12.9. The predicted molar refractivity (Wildman–Crippen MR) is 77.7 cm³/mol. The lowest BCUT2D eigenvalue weighted by Crippen LogP contribution is -2.47. The largest absolute Gasteiger partial charge is 0.481 e. The van der Waals surface area contributed by atoms with E-state index in [0.29, 0.717) is 13.1 Å². The molecule has 114 valence electrons. The molecule has 1 aromatic rings. The van der Waals surface area contributed by atoms with Gasteiger partial charge in [-0.3, -0.25) is 4.79 Å². The van der Waals surface area contributed by atoms with Gasteiger partial charge >= 0.3 is 5.97 Å². The van der Waals surface area contributed by atoms with Gasteiger partial charge in [0.2, 0.25) is 10.0 Å². The lowest BCUT2D eigenvalue weighted by Gasteiger charge is -2.40.